The van der Waals surface area contributed by atoms with Gasteiger partial charge in [0.1, 0.15) is 4.88 Å². The Morgan fingerprint density at radius 3 is 2.71 bits per heavy atom. The summed E-state index contributed by atoms with van der Waals surface area (Å²) in [5.74, 6) is 1.63. The van der Waals surface area contributed by atoms with E-state index in [1.165, 1.54) is 23.4 Å². The molecule has 1 amide bonds. The van der Waals surface area contributed by atoms with Crippen molar-refractivity contribution in [3.05, 3.63) is 10.4 Å². The first-order chi connectivity index (χ1) is 9.93. The fraction of sp³-hybridized carbons (Fsp3) is 0.667. The van der Waals surface area contributed by atoms with Crippen LogP contribution in [-0.2, 0) is 0 Å². The Hall–Kier alpha value is -0.880. The van der Waals surface area contributed by atoms with Crippen LogP contribution in [0.25, 0.3) is 0 Å². The predicted octanol–water partition coefficient (Wildman–Crippen LogP) is 2.90. The van der Waals surface area contributed by atoms with Gasteiger partial charge < -0.3 is 16.0 Å². The maximum absolute atomic E-state index is 12.0. The first-order valence-electron chi connectivity index (χ1n) is 7.46. The molecule has 0 atom stereocenters. The summed E-state index contributed by atoms with van der Waals surface area (Å²) in [4.78, 5) is 15.2. The van der Waals surface area contributed by atoms with Crippen LogP contribution in [0.5, 0.6) is 0 Å². The Balaban J connectivity index is 1.99. The fourth-order valence-electron chi connectivity index (χ4n) is 2.92. The molecule has 6 heteroatoms. The topological polar surface area (TPSA) is 58.4 Å². The highest BCUT2D eigenvalue weighted by Gasteiger charge is 2.36. The van der Waals surface area contributed by atoms with Crippen molar-refractivity contribution in [1.82, 2.24) is 5.32 Å². The van der Waals surface area contributed by atoms with E-state index >= 15 is 0 Å². The molecule has 0 aromatic carbocycles. The highest BCUT2D eigenvalue weighted by molar-refractivity contribution is 8.00. The molecule has 4 nitrogen and oxygen atoms in total. The van der Waals surface area contributed by atoms with Gasteiger partial charge in [-0.1, -0.05) is 0 Å². The van der Waals surface area contributed by atoms with Crippen LogP contribution in [0, 0.1) is 0 Å². The number of anilines is 2. The van der Waals surface area contributed by atoms with Crippen molar-refractivity contribution in [2.24, 2.45) is 0 Å². The molecule has 0 unspecified atom stereocenters. The van der Waals surface area contributed by atoms with Crippen LogP contribution >= 0.6 is 23.1 Å². The Bertz CT molecular complexity index is 564. The Morgan fingerprint density at radius 2 is 2.14 bits per heavy atom. The van der Waals surface area contributed by atoms with Crippen LogP contribution in [0.15, 0.2) is 0 Å². The van der Waals surface area contributed by atoms with Crippen molar-refractivity contribution in [2.75, 3.05) is 36.5 Å². The molecule has 0 spiro atoms. The number of amides is 1. The van der Waals surface area contributed by atoms with Crippen LogP contribution in [0.2, 0.25) is 0 Å². The van der Waals surface area contributed by atoms with Gasteiger partial charge in [0.25, 0.3) is 5.91 Å². The van der Waals surface area contributed by atoms with Crippen LogP contribution in [0.1, 0.15) is 47.8 Å². The first kappa shape index (κ1) is 15.0. The average Bonchev–Trinajstić information content (AvgIpc) is 3.20. The summed E-state index contributed by atoms with van der Waals surface area (Å²) in [6.45, 7) is 6.64. The Kier molecular flexibility index (Phi) is 3.86. The van der Waals surface area contributed by atoms with E-state index < -0.39 is 0 Å². The van der Waals surface area contributed by atoms with E-state index in [2.05, 4.69) is 24.1 Å². The van der Waals surface area contributed by atoms with Gasteiger partial charge in [0, 0.05) is 36.2 Å². The minimum absolute atomic E-state index is 0.0590. The second-order valence-corrected chi connectivity index (χ2v) is 9.25. The highest BCUT2D eigenvalue weighted by atomic mass is 32.2. The van der Waals surface area contributed by atoms with E-state index in [1.54, 1.807) is 18.4 Å². The Labute approximate surface area is 134 Å². The highest BCUT2D eigenvalue weighted by Crippen LogP contribution is 2.52. The maximum atomic E-state index is 12.0. The average molecular weight is 326 g/mol. The molecule has 2 fully saturated rings. The molecule has 3 rings (SSSR count). The number of thiophene rings is 1. The second-order valence-electron chi connectivity index (χ2n) is 6.45. The molecule has 0 radical (unpaired) electrons. The van der Waals surface area contributed by atoms with Crippen LogP contribution in [0.3, 0.4) is 0 Å². The quantitative estimate of drug-likeness (QED) is 0.897. The standard InChI is InChI=1S/C15H23N3OS2/c1-15(2)8-18(6-7-20-15)14-10(9-4-5-9)11(16)12(21-14)13(19)17-3/h9H,4-8,16H2,1-3H3,(H,17,19). The van der Waals surface area contributed by atoms with Gasteiger partial charge >= 0.3 is 0 Å². The molecule has 3 N–H and O–H groups in total. The molecule has 21 heavy (non-hydrogen) atoms. The monoisotopic (exact) mass is 325 g/mol. The van der Waals surface area contributed by atoms with Crippen LogP contribution in [0.4, 0.5) is 10.7 Å². The lowest BCUT2D eigenvalue weighted by atomic mass is 10.1. The zero-order valence-corrected chi connectivity index (χ0v) is 14.5. The van der Waals surface area contributed by atoms with Crippen molar-refractivity contribution in [3.8, 4) is 0 Å². The van der Waals surface area contributed by atoms with Crippen molar-refractivity contribution < 1.29 is 4.79 Å². The van der Waals surface area contributed by atoms with E-state index in [9.17, 15) is 4.79 Å². The van der Waals surface area contributed by atoms with Gasteiger partial charge in [0.15, 0.2) is 0 Å². The predicted molar refractivity (Wildman–Crippen MR) is 92.8 cm³/mol. The molecule has 2 aliphatic rings. The van der Waals surface area contributed by atoms with E-state index in [-0.39, 0.29) is 10.7 Å². The zero-order valence-electron chi connectivity index (χ0n) is 12.9. The normalized spacial score (nSPS) is 21.4. The van der Waals surface area contributed by atoms with Gasteiger partial charge in [-0.2, -0.15) is 11.8 Å². The number of hydrogen-bond donors (Lipinski definition) is 2. The molecule has 1 aromatic heterocycles. The lowest BCUT2D eigenvalue weighted by Crippen LogP contribution is -2.43. The lowest BCUT2D eigenvalue weighted by molar-refractivity contribution is 0.0968. The maximum Gasteiger partial charge on any atom is 0.263 e. The molecule has 116 valence electrons. The van der Waals surface area contributed by atoms with Gasteiger partial charge in [-0.25, -0.2) is 0 Å². The number of rotatable bonds is 3. The summed E-state index contributed by atoms with van der Waals surface area (Å²) in [5.41, 5.74) is 8.27. The van der Waals surface area contributed by atoms with Crippen LogP contribution in [-0.4, -0.2) is 36.5 Å². The molecule has 1 saturated carbocycles. The summed E-state index contributed by atoms with van der Waals surface area (Å²) in [6.07, 6.45) is 2.40. The van der Waals surface area contributed by atoms with Crippen molar-refractivity contribution in [3.63, 3.8) is 0 Å². The number of hydrogen-bond acceptors (Lipinski definition) is 5. The van der Waals surface area contributed by atoms with Crippen LogP contribution < -0.4 is 16.0 Å². The second kappa shape index (κ2) is 5.39. The van der Waals surface area contributed by atoms with Gasteiger partial charge in [0.05, 0.1) is 10.7 Å². The molecule has 1 saturated heterocycles. The number of carbonyl (C=O) groups excluding carboxylic acids is 1. The molecule has 0 bridgehead atoms. The van der Waals surface area contributed by atoms with E-state index in [0.717, 1.165) is 18.8 Å². The van der Waals surface area contributed by atoms with Gasteiger partial charge in [0.2, 0.25) is 0 Å². The third kappa shape index (κ3) is 2.88. The van der Waals surface area contributed by atoms with Gasteiger partial charge in [-0.3, -0.25) is 4.79 Å². The molecular weight excluding hydrogens is 302 g/mol. The van der Waals surface area contributed by atoms with Crippen molar-refractivity contribution >= 4 is 39.7 Å². The molecule has 1 aromatic rings. The minimum atomic E-state index is -0.0590. The number of nitrogens with two attached hydrogens (primary N) is 1. The zero-order chi connectivity index (χ0) is 15.2. The summed E-state index contributed by atoms with van der Waals surface area (Å²) >= 11 is 3.60. The minimum Gasteiger partial charge on any atom is -0.397 e. The lowest BCUT2D eigenvalue weighted by Gasteiger charge is -2.38. The number of nitrogens with one attached hydrogen (secondary N) is 1. The molecule has 1 aliphatic carbocycles. The Morgan fingerprint density at radius 1 is 1.43 bits per heavy atom. The van der Waals surface area contributed by atoms with Crippen molar-refractivity contribution in [1.29, 1.82) is 0 Å². The third-order valence-corrected chi connectivity index (χ3v) is 6.67. The number of nitrogen functional groups attached to an aromatic ring is 1. The SMILES string of the molecule is CNC(=O)c1sc(N2CCSC(C)(C)C2)c(C2CC2)c1N. The summed E-state index contributed by atoms with van der Waals surface area (Å²) in [7, 11) is 1.67. The van der Waals surface area contributed by atoms with Gasteiger partial charge in [-0.05, 0) is 32.6 Å². The van der Waals surface area contributed by atoms with Crippen molar-refractivity contribution in [2.45, 2.75) is 37.4 Å². The molecule has 1 aliphatic heterocycles. The van der Waals surface area contributed by atoms with E-state index in [0.29, 0.717) is 16.5 Å². The number of thioether (sulfide) groups is 1. The largest absolute Gasteiger partial charge is 0.397 e. The summed E-state index contributed by atoms with van der Waals surface area (Å²) < 4.78 is 0.255. The third-order valence-electron chi connectivity index (χ3n) is 4.10. The van der Waals surface area contributed by atoms with Gasteiger partial charge in [-0.15, -0.1) is 11.3 Å². The smallest absolute Gasteiger partial charge is 0.263 e. The molecular formula is C15H23N3OS2. The number of carbonyl (C=O) groups is 1. The number of nitrogens with zero attached hydrogens (tertiary/aromatic N) is 1. The molecule has 2 heterocycles. The first-order valence-corrected chi connectivity index (χ1v) is 9.26. The van der Waals surface area contributed by atoms with E-state index in [1.807, 2.05) is 11.8 Å². The summed E-state index contributed by atoms with van der Waals surface area (Å²) in [6, 6.07) is 0. The summed E-state index contributed by atoms with van der Waals surface area (Å²) in [5, 5.41) is 3.95. The fourth-order valence-corrected chi connectivity index (χ4v) is 5.31. The van der Waals surface area contributed by atoms with E-state index in [4.69, 9.17) is 5.73 Å².